The average molecular weight is 1070 g/mol. The summed E-state index contributed by atoms with van der Waals surface area (Å²) in [5.74, 6) is 0.617. The number of fused-ring (bicyclic) bond motifs is 4. The normalized spacial score (nSPS) is 17.9. The number of nitrogens with zero attached hydrogens (tertiary/aromatic N) is 4. The Kier molecular flexibility index (Phi) is 17.1. The van der Waals surface area contributed by atoms with Crippen LogP contribution >= 0.6 is 0 Å². The highest BCUT2D eigenvalue weighted by Gasteiger charge is 2.37. The maximum atomic E-state index is 14.2. The molecule has 4 aliphatic rings. The maximum Gasteiger partial charge on any atom is 0.260 e. The maximum absolute atomic E-state index is 14.2. The Morgan fingerprint density at radius 1 is 0.692 bits per heavy atom. The van der Waals surface area contributed by atoms with E-state index in [-0.39, 0.29) is 35.2 Å². The molecule has 8 rings (SSSR count). The fraction of sp³-hybridized carbons (Fsp3) is 0.417. The third kappa shape index (κ3) is 12.5. The molecule has 0 bridgehead atoms. The summed E-state index contributed by atoms with van der Waals surface area (Å²) in [6.45, 7) is 13.7. The number of nitrogens with one attached hydrogen (secondary N) is 3. The summed E-state index contributed by atoms with van der Waals surface area (Å²) < 4.78 is 29.4. The van der Waals surface area contributed by atoms with Crippen LogP contribution in [0.25, 0.3) is 11.1 Å². The van der Waals surface area contributed by atoms with E-state index < -0.39 is 35.3 Å². The van der Waals surface area contributed by atoms with Gasteiger partial charge in [-0.05, 0) is 103 Å². The molecule has 0 saturated heterocycles. The van der Waals surface area contributed by atoms with Crippen LogP contribution in [0.5, 0.6) is 28.7 Å². The van der Waals surface area contributed by atoms with Gasteiger partial charge in [0.2, 0.25) is 17.7 Å². The SMILES string of the molecule is CCCC(C)(N)C(=O)NC(C(=O)N[C@@H](C)C(=O)Nc1ccc(C2=CN3C(=O)c4cc(OC)c(OCC(C)(C)CCCOc5cc6c(cc5OC)C(=O)N5C=C(c7ccc(OC)cc7)C[C@H]5C=N6)cc4N=CC3C2)cc1)C(C)C. The highest BCUT2D eigenvalue weighted by atomic mass is 16.5. The molecule has 0 fully saturated rings. The number of amides is 5. The van der Waals surface area contributed by atoms with Gasteiger partial charge in [0.05, 0.1) is 74.7 Å². The lowest BCUT2D eigenvalue weighted by Gasteiger charge is -2.29. The quantitative estimate of drug-likeness (QED) is 0.0543. The molecule has 4 aromatic rings. The number of hydrogen-bond acceptors (Lipinski definition) is 13. The molecule has 412 valence electrons. The van der Waals surface area contributed by atoms with Gasteiger partial charge in [-0.1, -0.05) is 65.3 Å². The minimum atomic E-state index is -1.13. The van der Waals surface area contributed by atoms with Crippen molar-refractivity contribution >= 4 is 70.2 Å². The van der Waals surface area contributed by atoms with Gasteiger partial charge in [0.25, 0.3) is 11.8 Å². The van der Waals surface area contributed by atoms with Gasteiger partial charge in [-0.25, -0.2) is 0 Å². The summed E-state index contributed by atoms with van der Waals surface area (Å²) in [5.41, 5.74) is 11.0. The molecule has 0 aromatic heterocycles. The van der Waals surface area contributed by atoms with Gasteiger partial charge in [0.1, 0.15) is 17.8 Å². The van der Waals surface area contributed by atoms with E-state index in [1.807, 2.05) is 75.8 Å². The molecule has 5 amide bonds. The zero-order chi connectivity index (χ0) is 56.1. The number of methoxy groups -OCH3 is 3. The van der Waals surface area contributed by atoms with Crippen LogP contribution < -0.4 is 45.4 Å². The topological polar surface area (TPSA) is 225 Å². The first-order chi connectivity index (χ1) is 37.2. The second-order valence-corrected chi connectivity index (χ2v) is 21.7. The Bertz CT molecular complexity index is 3050. The third-order valence-corrected chi connectivity index (χ3v) is 14.6. The Morgan fingerprint density at radius 3 is 1.72 bits per heavy atom. The summed E-state index contributed by atoms with van der Waals surface area (Å²) in [4.78, 5) is 80.3. The van der Waals surface area contributed by atoms with Crippen LogP contribution in [-0.2, 0) is 14.4 Å². The lowest BCUT2D eigenvalue weighted by Crippen LogP contribution is -2.59. The van der Waals surface area contributed by atoms with Crippen molar-refractivity contribution in [2.45, 2.75) is 117 Å². The van der Waals surface area contributed by atoms with E-state index in [9.17, 15) is 24.0 Å². The molecule has 0 saturated carbocycles. The molecular weight excluding hydrogens is 993 g/mol. The molecule has 0 radical (unpaired) electrons. The van der Waals surface area contributed by atoms with Crippen molar-refractivity contribution in [3.05, 3.63) is 107 Å². The van der Waals surface area contributed by atoms with Crippen molar-refractivity contribution in [3.63, 3.8) is 0 Å². The van der Waals surface area contributed by atoms with Gasteiger partial charge >= 0.3 is 0 Å². The van der Waals surface area contributed by atoms with Crippen molar-refractivity contribution in [1.29, 1.82) is 0 Å². The fourth-order valence-electron chi connectivity index (χ4n) is 9.89. The van der Waals surface area contributed by atoms with E-state index >= 15 is 0 Å². The second kappa shape index (κ2) is 23.7. The van der Waals surface area contributed by atoms with E-state index in [0.29, 0.717) is 96.5 Å². The zero-order valence-electron chi connectivity index (χ0n) is 46.2. The number of nitrogens with two attached hydrogens (primary N) is 1. The van der Waals surface area contributed by atoms with Crippen LogP contribution in [0.4, 0.5) is 17.1 Å². The van der Waals surface area contributed by atoms with Crippen molar-refractivity contribution in [2.75, 3.05) is 39.9 Å². The van der Waals surface area contributed by atoms with Crippen LogP contribution in [0.15, 0.2) is 95.2 Å². The second-order valence-electron chi connectivity index (χ2n) is 21.7. The van der Waals surface area contributed by atoms with Crippen molar-refractivity contribution in [1.82, 2.24) is 20.4 Å². The average Bonchev–Trinajstić information content (AvgIpc) is 4.01. The lowest BCUT2D eigenvalue weighted by atomic mass is 9.89. The van der Waals surface area contributed by atoms with Gasteiger partial charge in [0.15, 0.2) is 23.0 Å². The predicted molar refractivity (Wildman–Crippen MR) is 301 cm³/mol. The van der Waals surface area contributed by atoms with E-state index in [0.717, 1.165) is 34.4 Å². The van der Waals surface area contributed by atoms with Crippen LogP contribution in [0.1, 0.15) is 119 Å². The molecule has 4 heterocycles. The van der Waals surface area contributed by atoms with Crippen LogP contribution in [0.2, 0.25) is 0 Å². The van der Waals surface area contributed by atoms with Gasteiger partial charge in [-0.15, -0.1) is 0 Å². The highest BCUT2D eigenvalue weighted by molar-refractivity contribution is 6.07. The summed E-state index contributed by atoms with van der Waals surface area (Å²) in [7, 11) is 4.72. The summed E-state index contributed by atoms with van der Waals surface area (Å²) in [6.07, 6.45) is 11.1. The summed E-state index contributed by atoms with van der Waals surface area (Å²) >= 11 is 0. The number of hydrogen-bond donors (Lipinski definition) is 4. The largest absolute Gasteiger partial charge is 0.497 e. The van der Waals surface area contributed by atoms with Crippen molar-refractivity contribution in [3.8, 4) is 28.7 Å². The molecular formula is C60H72N8O10. The minimum Gasteiger partial charge on any atom is -0.497 e. The number of ether oxygens (including phenoxy) is 5. The zero-order valence-corrected chi connectivity index (χ0v) is 46.2. The number of carbonyl (C=O) groups is 5. The monoisotopic (exact) mass is 1060 g/mol. The predicted octanol–water partition coefficient (Wildman–Crippen LogP) is 9.02. The standard InChI is InChI=1S/C60H72N8O10/c1-11-21-60(7,61)58(73)66-53(35(2)3)55(70)64-36(4)54(69)65-41-17-13-37(14-18-41)39-24-42-31-63-48-29-52(50(76-10)27-46(48)57(72)67(42)32-39)78-34-59(5,6)22-12-23-77-51-28-47-45(26-49(51)75-9)56(71)68-33-40(25-43(68)30-62-47)38-15-19-44(74-8)20-16-38/h13-20,26-33,35-36,42-43,53H,11-12,21-25,34,61H2,1-10H3,(H,64,70)(H,65,69)(H,66,73)/t36-,42?,43-,53?,60?/m0/s1. The van der Waals surface area contributed by atoms with E-state index in [4.69, 9.17) is 39.4 Å². The van der Waals surface area contributed by atoms with Crippen molar-refractivity contribution < 1.29 is 47.7 Å². The Labute approximate surface area is 456 Å². The third-order valence-electron chi connectivity index (χ3n) is 14.6. The Balaban J connectivity index is 0.832. The van der Waals surface area contributed by atoms with E-state index in [1.54, 1.807) is 80.5 Å². The van der Waals surface area contributed by atoms with E-state index in [2.05, 4.69) is 29.8 Å². The van der Waals surface area contributed by atoms with Crippen LogP contribution in [0.3, 0.4) is 0 Å². The Hall–Kier alpha value is -7.99. The molecule has 5 atom stereocenters. The number of anilines is 1. The molecule has 4 aromatic carbocycles. The molecule has 4 aliphatic heterocycles. The van der Waals surface area contributed by atoms with Gasteiger partial charge in [-0.3, -0.25) is 34.0 Å². The van der Waals surface area contributed by atoms with Gasteiger partial charge < -0.3 is 55.2 Å². The van der Waals surface area contributed by atoms with Crippen molar-refractivity contribution in [2.24, 2.45) is 27.1 Å². The lowest BCUT2D eigenvalue weighted by molar-refractivity contribution is -0.133. The van der Waals surface area contributed by atoms with Crippen LogP contribution in [0, 0.1) is 11.3 Å². The number of carbonyl (C=O) groups excluding carboxylic acids is 5. The number of aliphatic imine (C=N–C) groups is 2. The van der Waals surface area contributed by atoms with E-state index in [1.165, 1.54) is 7.11 Å². The smallest absolute Gasteiger partial charge is 0.260 e. The fourth-order valence-corrected chi connectivity index (χ4v) is 9.89. The minimum absolute atomic E-state index is 0.160. The van der Waals surface area contributed by atoms with Gasteiger partial charge in [0, 0.05) is 55.5 Å². The Morgan fingerprint density at radius 2 is 1.22 bits per heavy atom. The molecule has 78 heavy (non-hydrogen) atoms. The molecule has 5 N–H and O–H groups in total. The molecule has 0 spiro atoms. The summed E-state index contributed by atoms with van der Waals surface area (Å²) in [5, 5.41) is 8.35. The molecule has 18 nitrogen and oxygen atoms in total. The first kappa shape index (κ1) is 56.2. The first-order valence-electron chi connectivity index (χ1n) is 26.5. The number of benzene rings is 4. The highest BCUT2D eigenvalue weighted by Crippen LogP contribution is 2.43. The molecule has 0 aliphatic carbocycles. The summed E-state index contributed by atoms with van der Waals surface area (Å²) in [6, 6.07) is 19.6. The number of rotatable bonds is 22. The molecule has 3 unspecified atom stereocenters. The van der Waals surface area contributed by atoms with Crippen LogP contribution in [-0.4, -0.2) is 116 Å². The molecule has 18 heteroatoms. The van der Waals surface area contributed by atoms with Gasteiger partial charge in [-0.2, -0.15) is 0 Å². The first-order valence-corrected chi connectivity index (χ1v) is 26.5.